The van der Waals surface area contributed by atoms with Crippen molar-refractivity contribution in [3.63, 3.8) is 0 Å². The summed E-state index contributed by atoms with van der Waals surface area (Å²) in [6, 6.07) is 8.69. The van der Waals surface area contributed by atoms with Gasteiger partial charge >= 0.3 is 0 Å². The van der Waals surface area contributed by atoms with Gasteiger partial charge in [0.15, 0.2) is 0 Å². The van der Waals surface area contributed by atoms with E-state index >= 15 is 0 Å². The molecule has 0 saturated carbocycles. The molecular weight excluding hydrogens is 236 g/mol. The summed E-state index contributed by atoms with van der Waals surface area (Å²) < 4.78 is 0. The first-order valence-corrected chi connectivity index (χ1v) is 7.07. The Morgan fingerprint density at radius 1 is 1.37 bits per heavy atom. The van der Waals surface area contributed by atoms with Crippen LogP contribution in [0.3, 0.4) is 0 Å². The van der Waals surface area contributed by atoms with Crippen LogP contribution in [0.1, 0.15) is 19.8 Å². The molecule has 4 nitrogen and oxygen atoms in total. The van der Waals surface area contributed by atoms with Gasteiger partial charge in [-0.2, -0.15) is 0 Å². The maximum atomic E-state index is 4.73. The number of hydrogen-bond acceptors (Lipinski definition) is 4. The Labute approximate surface area is 113 Å². The summed E-state index contributed by atoms with van der Waals surface area (Å²) in [4.78, 5) is 11.6. The first-order chi connectivity index (χ1) is 9.38. The molecule has 0 aliphatic carbocycles. The standard InChI is InChI=1S/C15H20N4/c1-2-9-19(13-7-8-16-11-13)15-17-10-12-5-3-4-6-14(12)18-15/h3-6,10,13,16H,2,7-9,11H2,1H3. The first-order valence-electron chi connectivity index (χ1n) is 7.07. The lowest BCUT2D eigenvalue weighted by atomic mass is 10.2. The number of nitrogens with zero attached hydrogens (tertiary/aromatic N) is 3. The molecule has 1 unspecified atom stereocenters. The molecule has 1 aromatic carbocycles. The van der Waals surface area contributed by atoms with Crippen LogP contribution in [0.15, 0.2) is 30.5 Å². The lowest BCUT2D eigenvalue weighted by Gasteiger charge is -2.28. The molecule has 1 atom stereocenters. The topological polar surface area (TPSA) is 41.1 Å². The predicted molar refractivity (Wildman–Crippen MR) is 78.4 cm³/mol. The zero-order valence-electron chi connectivity index (χ0n) is 11.3. The molecule has 1 aliphatic heterocycles. The van der Waals surface area contributed by atoms with Crippen molar-refractivity contribution in [2.75, 3.05) is 24.5 Å². The third-order valence-electron chi connectivity index (χ3n) is 3.67. The molecular formula is C15H20N4. The number of rotatable bonds is 4. The number of hydrogen-bond donors (Lipinski definition) is 1. The van der Waals surface area contributed by atoms with Gasteiger partial charge in [0.25, 0.3) is 0 Å². The van der Waals surface area contributed by atoms with E-state index in [9.17, 15) is 0 Å². The van der Waals surface area contributed by atoms with Gasteiger partial charge in [-0.1, -0.05) is 25.1 Å². The van der Waals surface area contributed by atoms with Crippen molar-refractivity contribution in [1.29, 1.82) is 0 Å². The highest BCUT2D eigenvalue weighted by Gasteiger charge is 2.23. The van der Waals surface area contributed by atoms with E-state index in [-0.39, 0.29) is 0 Å². The fourth-order valence-electron chi connectivity index (χ4n) is 2.69. The molecule has 3 rings (SSSR count). The quantitative estimate of drug-likeness (QED) is 0.910. The number of para-hydroxylation sites is 1. The van der Waals surface area contributed by atoms with Gasteiger partial charge in [-0.3, -0.25) is 0 Å². The minimum atomic E-state index is 0.529. The van der Waals surface area contributed by atoms with Crippen molar-refractivity contribution in [2.45, 2.75) is 25.8 Å². The lowest BCUT2D eigenvalue weighted by molar-refractivity contribution is 0.611. The van der Waals surface area contributed by atoms with Crippen molar-refractivity contribution < 1.29 is 0 Å². The number of fused-ring (bicyclic) bond motifs is 1. The second kappa shape index (κ2) is 5.53. The average Bonchev–Trinajstić information content (AvgIpc) is 2.98. The Bertz CT molecular complexity index is 549. The van der Waals surface area contributed by atoms with Crippen LogP contribution in [-0.2, 0) is 0 Å². The first kappa shape index (κ1) is 12.4. The van der Waals surface area contributed by atoms with Crippen molar-refractivity contribution in [1.82, 2.24) is 15.3 Å². The zero-order chi connectivity index (χ0) is 13.1. The van der Waals surface area contributed by atoms with E-state index in [0.717, 1.165) is 42.9 Å². The molecule has 0 radical (unpaired) electrons. The minimum Gasteiger partial charge on any atom is -0.337 e. The largest absolute Gasteiger partial charge is 0.337 e. The van der Waals surface area contributed by atoms with E-state index < -0.39 is 0 Å². The molecule has 100 valence electrons. The lowest BCUT2D eigenvalue weighted by Crippen LogP contribution is -2.38. The summed E-state index contributed by atoms with van der Waals surface area (Å²) in [5.74, 6) is 0.870. The van der Waals surface area contributed by atoms with E-state index in [2.05, 4.69) is 34.3 Å². The van der Waals surface area contributed by atoms with Crippen LogP contribution < -0.4 is 10.2 Å². The smallest absolute Gasteiger partial charge is 0.226 e. The molecule has 2 heterocycles. The number of anilines is 1. The summed E-state index contributed by atoms with van der Waals surface area (Å²) in [6.07, 6.45) is 4.23. The maximum Gasteiger partial charge on any atom is 0.226 e. The van der Waals surface area contributed by atoms with Crippen molar-refractivity contribution in [3.8, 4) is 0 Å². The number of nitrogens with one attached hydrogen (secondary N) is 1. The molecule has 0 bridgehead atoms. The van der Waals surface area contributed by atoms with E-state index in [4.69, 9.17) is 4.98 Å². The SMILES string of the molecule is CCCN(c1ncc2ccccc2n1)C1CCNC1. The fourth-order valence-corrected chi connectivity index (χ4v) is 2.69. The van der Waals surface area contributed by atoms with E-state index in [0.29, 0.717) is 6.04 Å². The molecule has 2 aromatic rings. The molecule has 0 amide bonds. The molecule has 4 heteroatoms. The maximum absolute atomic E-state index is 4.73. The van der Waals surface area contributed by atoms with Crippen LogP contribution in [0, 0.1) is 0 Å². The van der Waals surface area contributed by atoms with E-state index in [1.807, 2.05) is 18.3 Å². The highest BCUT2D eigenvalue weighted by Crippen LogP contribution is 2.19. The van der Waals surface area contributed by atoms with Crippen molar-refractivity contribution in [2.24, 2.45) is 0 Å². The van der Waals surface area contributed by atoms with E-state index in [1.54, 1.807) is 0 Å². The van der Waals surface area contributed by atoms with Gasteiger partial charge in [-0.05, 0) is 25.5 Å². The predicted octanol–water partition coefficient (Wildman–Crippen LogP) is 2.21. The third-order valence-corrected chi connectivity index (χ3v) is 3.67. The Hall–Kier alpha value is -1.68. The normalized spacial score (nSPS) is 18.9. The minimum absolute atomic E-state index is 0.529. The highest BCUT2D eigenvalue weighted by atomic mass is 15.3. The summed E-state index contributed by atoms with van der Waals surface area (Å²) in [6.45, 7) is 5.36. The third kappa shape index (κ3) is 2.54. The zero-order valence-corrected chi connectivity index (χ0v) is 11.3. The summed E-state index contributed by atoms with van der Waals surface area (Å²) >= 11 is 0. The van der Waals surface area contributed by atoms with E-state index in [1.165, 1.54) is 6.42 Å². The van der Waals surface area contributed by atoms with Crippen LogP contribution in [0.4, 0.5) is 5.95 Å². The van der Waals surface area contributed by atoms with Crippen LogP contribution in [0.5, 0.6) is 0 Å². The molecule has 19 heavy (non-hydrogen) atoms. The van der Waals surface area contributed by atoms with Crippen LogP contribution in [0.2, 0.25) is 0 Å². The highest BCUT2D eigenvalue weighted by molar-refractivity contribution is 5.78. The summed E-state index contributed by atoms with van der Waals surface area (Å²) in [5, 5.41) is 4.52. The summed E-state index contributed by atoms with van der Waals surface area (Å²) in [7, 11) is 0. The number of aromatic nitrogens is 2. The second-order valence-electron chi connectivity index (χ2n) is 5.07. The Kier molecular flexibility index (Phi) is 3.60. The molecule has 1 fully saturated rings. The van der Waals surface area contributed by atoms with Gasteiger partial charge in [0, 0.05) is 30.7 Å². The molecule has 1 N–H and O–H groups in total. The van der Waals surface area contributed by atoms with Gasteiger partial charge in [0.2, 0.25) is 5.95 Å². The van der Waals surface area contributed by atoms with Crippen molar-refractivity contribution in [3.05, 3.63) is 30.5 Å². The van der Waals surface area contributed by atoms with Crippen molar-refractivity contribution >= 4 is 16.9 Å². The molecule has 1 aromatic heterocycles. The van der Waals surface area contributed by atoms with Crippen LogP contribution >= 0.6 is 0 Å². The van der Waals surface area contributed by atoms with Gasteiger partial charge in [0.1, 0.15) is 0 Å². The Morgan fingerprint density at radius 3 is 3.05 bits per heavy atom. The molecule has 1 aliphatic rings. The Balaban J connectivity index is 1.94. The van der Waals surface area contributed by atoms with Gasteiger partial charge in [-0.25, -0.2) is 9.97 Å². The van der Waals surface area contributed by atoms with Gasteiger partial charge in [0.05, 0.1) is 5.52 Å². The Morgan fingerprint density at radius 2 is 2.26 bits per heavy atom. The average molecular weight is 256 g/mol. The van der Waals surface area contributed by atoms with Gasteiger partial charge in [-0.15, -0.1) is 0 Å². The second-order valence-corrected chi connectivity index (χ2v) is 5.07. The molecule has 0 spiro atoms. The monoisotopic (exact) mass is 256 g/mol. The molecule has 1 saturated heterocycles. The number of benzene rings is 1. The summed E-state index contributed by atoms with van der Waals surface area (Å²) in [5.41, 5.74) is 1.03. The fraction of sp³-hybridized carbons (Fsp3) is 0.467. The van der Waals surface area contributed by atoms with Crippen LogP contribution in [-0.4, -0.2) is 35.6 Å². The van der Waals surface area contributed by atoms with Crippen LogP contribution in [0.25, 0.3) is 10.9 Å². The van der Waals surface area contributed by atoms with Gasteiger partial charge < -0.3 is 10.2 Å².